The summed E-state index contributed by atoms with van der Waals surface area (Å²) < 4.78 is 33.1. The molecule has 142 valence electrons. The molecule has 1 atom stereocenters. The maximum Gasteiger partial charge on any atom is 0.414 e. The molecule has 3 aliphatic rings. The molecule has 0 N–H and O–H groups in total. The molecule has 5 rings (SSSR count). The predicted octanol–water partition coefficient (Wildman–Crippen LogP) is 4.20. The Labute approximate surface area is 157 Å². The molecule has 2 aromatic carbocycles. The van der Waals surface area contributed by atoms with E-state index in [9.17, 15) is 13.6 Å². The van der Waals surface area contributed by atoms with Gasteiger partial charge in [0.15, 0.2) is 0 Å². The van der Waals surface area contributed by atoms with Crippen molar-refractivity contribution in [2.45, 2.75) is 25.5 Å². The van der Waals surface area contributed by atoms with Crippen LogP contribution < -0.4 is 4.90 Å². The minimum Gasteiger partial charge on any atom is -0.444 e. The number of benzene rings is 2. The zero-order valence-corrected chi connectivity index (χ0v) is 15.0. The van der Waals surface area contributed by atoms with E-state index in [-0.39, 0.29) is 18.5 Å². The van der Waals surface area contributed by atoms with E-state index in [1.807, 2.05) is 0 Å². The molecule has 0 spiro atoms. The number of ether oxygens (including phenoxy) is 1. The lowest BCUT2D eigenvalue weighted by Crippen LogP contribution is -2.53. The summed E-state index contributed by atoms with van der Waals surface area (Å²) in [5.41, 5.74) is 1.01. The van der Waals surface area contributed by atoms with Crippen molar-refractivity contribution >= 4 is 11.8 Å². The molecular formula is C21H22F2N2O2. The van der Waals surface area contributed by atoms with Crippen molar-refractivity contribution in [2.24, 2.45) is 5.92 Å². The van der Waals surface area contributed by atoms with E-state index in [0.29, 0.717) is 17.2 Å². The van der Waals surface area contributed by atoms with E-state index in [1.54, 1.807) is 24.3 Å². The molecule has 3 heterocycles. The molecule has 3 fully saturated rings. The van der Waals surface area contributed by atoms with Crippen molar-refractivity contribution in [3.8, 4) is 0 Å². The van der Waals surface area contributed by atoms with Crippen LogP contribution in [-0.2, 0) is 11.3 Å². The maximum atomic E-state index is 13.7. The molecule has 4 nitrogen and oxygen atoms in total. The average Bonchev–Trinajstić information content (AvgIpc) is 2.67. The van der Waals surface area contributed by atoms with Crippen LogP contribution in [0.15, 0.2) is 48.5 Å². The highest BCUT2D eigenvalue weighted by molar-refractivity contribution is 5.87. The molecule has 0 radical (unpaired) electrons. The molecule has 3 saturated heterocycles. The Bertz CT molecular complexity index is 821. The minimum atomic E-state index is -0.524. The second-order valence-electron chi connectivity index (χ2n) is 7.26. The van der Waals surface area contributed by atoms with Crippen LogP contribution in [0.1, 0.15) is 18.4 Å². The number of piperidine rings is 3. The number of halogens is 2. The third-order valence-electron chi connectivity index (χ3n) is 5.42. The van der Waals surface area contributed by atoms with Crippen LogP contribution in [0, 0.1) is 17.6 Å². The monoisotopic (exact) mass is 372 g/mol. The van der Waals surface area contributed by atoms with Gasteiger partial charge in [-0.15, -0.1) is 0 Å². The SMILES string of the molecule is O=C(OC1CN2CCC1CC2)N(Cc1cccc(F)c1)c1cccc(F)c1. The first-order chi connectivity index (χ1) is 13.1. The molecule has 0 saturated carbocycles. The molecule has 0 aliphatic carbocycles. The fraction of sp³-hybridized carbons (Fsp3) is 0.381. The highest BCUT2D eigenvalue weighted by Gasteiger charge is 2.37. The minimum absolute atomic E-state index is 0.112. The van der Waals surface area contributed by atoms with Crippen LogP contribution >= 0.6 is 0 Å². The first-order valence-corrected chi connectivity index (χ1v) is 9.29. The summed E-state index contributed by atoms with van der Waals surface area (Å²) in [6, 6.07) is 11.9. The van der Waals surface area contributed by atoms with Gasteiger partial charge in [-0.3, -0.25) is 9.80 Å². The number of carbonyl (C=O) groups is 1. The molecule has 2 bridgehead atoms. The number of nitrogens with zero attached hydrogens (tertiary/aromatic N) is 2. The lowest BCUT2D eigenvalue weighted by Gasteiger charge is -2.44. The van der Waals surface area contributed by atoms with E-state index >= 15 is 0 Å². The Hall–Kier alpha value is -2.47. The number of rotatable bonds is 4. The summed E-state index contributed by atoms with van der Waals surface area (Å²) in [7, 11) is 0. The second kappa shape index (κ2) is 7.64. The smallest absolute Gasteiger partial charge is 0.414 e. The lowest BCUT2D eigenvalue weighted by molar-refractivity contribution is -0.0311. The Kier molecular flexibility index (Phi) is 5.07. The van der Waals surface area contributed by atoms with Gasteiger partial charge in [0.05, 0.1) is 12.2 Å². The number of fused-ring (bicyclic) bond motifs is 3. The van der Waals surface area contributed by atoms with E-state index < -0.39 is 11.9 Å². The molecule has 0 aromatic heterocycles. The summed E-state index contributed by atoms with van der Waals surface area (Å²) in [6.45, 7) is 2.96. The van der Waals surface area contributed by atoms with Crippen molar-refractivity contribution < 1.29 is 18.3 Å². The van der Waals surface area contributed by atoms with Crippen LogP contribution in [0.3, 0.4) is 0 Å². The van der Waals surface area contributed by atoms with Gasteiger partial charge < -0.3 is 4.74 Å². The Morgan fingerprint density at radius 3 is 2.41 bits per heavy atom. The average molecular weight is 372 g/mol. The van der Waals surface area contributed by atoms with Gasteiger partial charge in [-0.05, 0) is 67.7 Å². The summed E-state index contributed by atoms with van der Waals surface area (Å²) in [6.07, 6.45) is 1.39. The van der Waals surface area contributed by atoms with Crippen molar-refractivity contribution in [3.05, 3.63) is 65.7 Å². The van der Waals surface area contributed by atoms with Gasteiger partial charge in [0.2, 0.25) is 0 Å². The molecular weight excluding hydrogens is 350 g/mol. The number of amides is 1. The van der Waals surface area contributed by atoms with Gasteiger partial charge in [0.25, 0.3) is 0 Å². The number of carbonyl (C=O) groups excluding carboxylic acids is 1. The van der Waals surface area contributed by atoms with Gasteiger partial charge in [-0.2, -0.15) is 0 Å². The fourth-order valence-corrected chi connectivity index (χ4v) is 3.96. The highest BCUT2D eigenvalue weighted by atomic mass is 19.1. The van der Waals surface area contributed by atoms with Gasteiger partial charge >= 0.3 is 6.09 Å². The van der Waals surface area contributed by atoms with Crippen LogP contribution in [0.5, 0.6) is 0 Å². The maximum absolute atomic E-state index is 13.7. The van der Waals surface area contributed by atoms with Crippen LogP contribution in [0.2, 0.25) is 0 Å². The molecule has 1 unspecified atom stereocenters. The van der Waals surface area contributed by atoms with Crippen LogP contribution in [0.25, 0.3) is 0 Å². The first-order valence-electron chi connectivity index (χ1n) is 9.29. The third-order valence-corrected chi connectivity index (χ3v) is 5.42. The van der Waals surface area contributed by atoms with E-state index in [0.717, 1.165) is 32.5 Å². The predicted molar refractivity (Wildman–Crippen MR) is 98.4 cm³/mol. The van der Waals surface area contributed by atoms with Gasteiger partial charge in [-0.1, -0.05) is 18.2 Å². The van der Waals surface area contributed by atoms with Crippen molar-refractivity contribution in [1.29, 1.82) is 0 Å². The number of hydrogen-bond donors (Lipinski definition) is 0. The van der Waals surface area contributed by atoms with Crippen LogP contribution in [0.4, 0.5) is 19.3 Å². The lowest BCUT2D eigenvalue weighted by atomic mass is 9.86. The summed E-state index contributed by atoms with van der Waals surface area (Å²) in [4.78, 5) is 16.6. The molecule has 6 heteroatoms. The van der Waals surface area contributed by atoms with E-state index in [4.69, 9.17) is 4.74 Å². The largest absolute Gasteiger partial charge is 0.444 e. The normalized spacial score (nSPS) is 23.9. The molecule has 3 aliphatic heterocycles. The number of hydrogen-bond acceptors (Lipinski definition) is 3. The standard InChI is InChI=1S/C21H22F2N2O2/c22-17-4-1-3-15(11-17)13-25(19-6-2-5-18(23)12-19)21(26)27-20-14-24-9-7-16(20)8-10-24/h1-6,11-12,16,20H,7-10,13-14H2. The summed E-state index contributed by atoms with van der Waals surface area (Å²) >= 11 is 0. The summed E-state index contributed by atoms with van der Waals surface area (Å²) in [5, 5.41) is 0. The zero-order chi connectivity index (χ0) is 18.8. The third kappa shape index (κ3) is 4.11. The van der Waals surface area contributed by atoms with Crippen molar-refractivity contribution in [1.82, 2.24) is 4.90 Å². The van der Waals surface area contributed by atoms with Crippen molar-refractivity contribution in [2.75, 3.05) is 24.5 Å². The van der Waals surface area contributed by atoms with Gasteiger partial charge in [0.1, 0.15) is 17.7 Å². The molecule has 1 amide bonds. The Morgan fingerprint density at radius 2 is 1.78 bits per heavy atom. The Morgan fingerprint density at radius 1 is 1.07 bits per heavy atom. The summed E-state index contributed by atoms with van der Waals surface area (Å²) in [5.74, 6) is -0.438. The number of anilines is 1. The van der Waals surface area contributed by atoms with Crippen LogP contribution in [-0.4, -0.2) is 36.7 Å². The van der Waals surface area contributed by atoms with E-state index in [1.165, 1.54) is 29.2 Å². The van der Waals surface area contributed by atoms with E-state index in [2.05, 4.69) is 4.90 Å². The molecule has 2 aromatic rings. The van der Waals surface area contributed by atoms with Gasteiger partial charge in [-0.25, -0.2) is 13.6 Å². The zero-order valence-electron chi connectivity index (χ0n) is 15.0. The highest BCUT2D eigenvalue weighted by Crippen LogP contribution is 2.30. The Balaban J connectivity index is 1.56. The van der Waals surface area contributed by atoms with Gasteiger partial charge in [0, 0.05) is 6.54 Å². The second-order valence-corrected chi connectivity index (χ2v) is 7.26. The molecule has 27 heavy (non-hydrogen) atoms. The topological polar surface area (TPSA) is 32.8 Å². The first kappa shape index (κ1) is 17.9. The van der Waals surface area contributed by atoms with Crippen molar-refractivity contribution in [3.63, 3.8) is 0 Å². The fourth-order valence-electron chi connectivity index (χ4n) is 3.96. The quantitative estimate of drug-likeness (QED) is 0.806.